The minimum absolute atomic E-state index is 0.0182. The first-order valence-electron chi connectivity index (χ1n) is 4.04. The normalized spacial score (nSPS) is 9.77. The van der Waals surface area contributed by atoms with Gasteiger partial charge >= 0.3 is 0 Å². The smallest absolute Gasteiger partial charge is 0.241 e. The molecule has 0 aliphatic rings. The van der Waals surface area contributed by atoms with E-state index in [1.807, 2.05) is 31.2 Å². The summed E-state index contributed by atoms with van der Waals surface area (Å²) in [6.07, 6.45) is 0. The van der Waals surface area contributed by atoms with E-state index in [1.54, 1.807) is 11.9 Å². The Labute approximate surface area is 83.1 Å². The lowest BCUT2D eigenvalue weighted by Crippen LogP contribution is -2.27. The fourth-order valence-electron chi connectivity index (χ4n) is 1.00. The van der Waals surface area contributed by atoms with Gasteiger partial charge in [-0.1, -0.05) is 17.7 Å². The lowest BCUT2D eigenvalue weighted by atomic mass is 10.2. The Kier molecular flexibility index (Phi) is 3.32. The van der Waals surface area contributed by atoms with Crippen LogP contribution in [0.3, 0.4) is 0 Å². The monoisotopic (exact) mass is 197 g/mol. The van der Waals surface area contributed by atoms with Gasteiger partial charge in [0.05, 0.1) is 0 Å². The van der Waals surface area contributed by atoms with Crippen molar-refractivity contribution in [3.05, 3.63) is 29.8 Å². The second-order valence-electron chi connectivity index (χ2n) is 2.92. The topological polar surface area (TPSA) is 20.3 Å². The first-order chi connectivity index (χ1) is 6.15. The highest BCUT2D eigenvalue weighted by molar-refractivity contribution is 6.29. The molecule has 70 valence electrons. The highest BCUT2D eigenvalue weighted by atomic mass is 35.5. The van der Waals surface area contributed by atoms with Crippen LogP contribution in [0, 0.1) is 6.92 Å². The zero-order valence-electron chi connectivity index (χ0n) is 7.75. The lowest BCUT2D eigenvalue weighted by Gasteiger charge is -2.15. The summed E-state index contributed by atoms with van der Waals surface area (Å²) in [5.41, 5.74) is 2.05. The molecular formula is C10H12ClNO. The molecule has 3 heteroatoms. The van der Waals surface area contributed by atoms with Crippen LogP contribution in [0.2, 0.25) is 0 Å². The van der Waals surface area contributed by atoms with Crippen LogP contribution in [-0.2, 0) is 4.79 Å². The highest BCUT2D eigenvalue weighted by Gasteiger charge is 2.07. The van der Waals surface area contributed by atoms with Crippen molar-refractivity contribution in [3.63, 3.8) is 0 Å². The van der Waals surface area contributed by atoms with Crippen LogP contribution in [0.1, 0.15) is 5.56 Å². The number of nitrogens with zero attached hydrogens (tertiary/aromatic N) is 1. The van der Waals surface area contributed by atoms with Crippen LogP contribution in [0.5, 0.6) is 0 Å². The average Bonchev–Trinajstić information content (AvgIpc) is 2.17. The maximum atomic E-state index is 11.2. The summed E-state index contributed by atoms with van der Waals surface area (Å²) in [5.74, 6) is -0.0739. The number of alkyl halides is 1. The standard InChI is InChI=1S/C10H12ClNO/c1-8-3-5-9(6-4-8)12(2)10(13)7-11/h3-6H,7H2,1-2H3. The molecule has 0 aliphatic heterocycles. The lowest BCUT2D eigenvalue weighted by molar-refractivity contribution is -0.116. The van der Waals surface area contributed by atoms with Crippen molar-refractivity contribution in [2.75, 3.05) is 17.8 Å². The first-order valence-corrected chi connectivity index (χ1v) is 4.58. The molecule has 13 heavy (non-hydrogen) atoms. The molecule has 0 atom stereocenters. The molecule has 1 aromatic rings. The number of halogens is 1. The van der Waals surface area contributed by atoms with Crippen molar-refractivity contribution in [1.29, 1.82) is 0 Å². The Morgan fingerprint density at radius 3 is 2.38 bits per heavy atom. The van der Waals surface area contributed by atoms with Gasteiger partial charge in [-0.15, -0.1) is 11.6 Å². The summed E-state index contributed by atoms with van der Waals surface area (Å²) in [4.78, 5) is 12.7. The predicted molar refractivity (Wildman–Crippen MR) is 55.3 cm³/mol. The molecule has 0 spiro atoms. The molecule has 1 aromatic carbocycles. The molecule has 0 radical (unpaired) electrons. The fourth-order valence-corrected chi connectivity index (χ4v) is 1.18. The van der Waals surface area contributed by atoms with E-state index < -0.39 is 0 Å². The number of hydrogen-bond donors (Lipinski definition) is 0. The summed E-state index contributed by atoms with van der Waals surface area (Å²) in [6, 6.07) is 7.74. The quantitative estimate of drug-likeness (QED) is 0.666. The molecule has 2 nitrogen and oxygen atoms in total. The number of carbonyl (C=O) groups is 1. The molecule has 0 heterocycles. The van der Waals surface area contributed by atoms with E-state index in [9.17, 15) is 4.79 Å². The molecule has 0 aliphatic carbocycles. The maximum Gasteiger partial charge on any atom is 0.241 e. The highest BCUT2D eigenvalue weighted by Crippen LogP contribution is 2.13. The van der Waals surface area contributed by atoms with Crippen molar-refractivity contribution in [1.82, 2.24) is 0 Å². The van der Waals surface area contributed by atoms with E-state index in [1.165, 1.54) is 5.56 Å². The van der Waals surface area contributed by atoms with Crippen LogP contribution in [0.15, 0.2) is 24.3 Å². The molecule has 0 saturated carbocycles. The molecule has 0 unspecified atom stereocenters. The van der Waals surface area contributed by atoms with Crippen molar-refractivity contribution in [3.8, 4) is 0 Å². The minimum Gasteiger partial charge on any atom is -0.314 e. The predicted octanol–water partition coefficient (Wildman–Crippen LogP) is 2.20. The number of anilines is 1. The van der Waals surface area contributed by atoms with Gasteiger partial charge in [-0.2, -0.15) is 0 Å². The molecule has 0 fully saturated rings. The van der Waals surface area contributed by atoms with Crippen molar-refractivity contribution < 1.29 is 4.79 Å². The molecular weight excluding hydrogens is 186 g/mol. The summed E-state index contributed by atoms with van der Waals surface area (Å²) < 4.78 is 0. The molecule has 0 bridgehead atoms. The molecule has 0 aromatic heterocycles. The van der Waals surface area contributed by atoms with Gasteiger partial charge in [0, 0.05) is 12.7 Å². The van der Waals surface area contributed by atoms with E-state index in [0.717, 1.165) is 5.69 Å². The number of hydrogen-bond acceptors (Lipinski definition) is 1. The number of aryl methyl sites for hydroxylation is 1. The molecule has 1 rings (SSSR count). The average molecular weight is 198 g/mol. The number of rotatable bonds is 2. The fraction of sp³-hybridized carbons (Fsp3) is 0.300. The number of amides is 1. The zero-order chi connectivity index (χ0) is 9.84. The van der Waals surface area contributed by atoms with Gasteiger partial charge in [0.1, 0.15) is 5.88 Å². The Bertz CT molecular complexity index is 294. The van der Waals surface area contributed by atoms with Crippen LogP contribution >= 0.6 is 11.6 Å². The second-order valence-corrected chi connectivity index (χ2v) is 3.19. The van der Waals surface area contributed by atoms with Gasteiger partial charge in [0.25, 0.3) is 0 Å². The SMILES string of the molecule is Cc1ccc(N(C)C(=O)CCl)cc1. The van der Waals surface area contributed by atoms with Crippen molar-refractivity contribution in [2.24, 2.45) is 0 Å². The minimum atomic E-state index is -0.0921. The van der Waals surface area contributed by atoms with Crippen LogP contribution in [0.4, 0.5) is 5.69 Å². The third-order valence-corrected chi connectivity index (χ3v) is 2.14. The number of benzene rings is 1. The Hall–Kier alpha value is -1.02. The Morgan fingerprint density at radius 1 is 1.38 bits per heavy atom. The van der Waals surface area contributed by atoms with Gasteiger partial charge in [0.15, 0.2) is 0 Å². The largest absolute Gasteiger partial charge is 0.314 e. The molecule has 0 N–H and O–H groups in total. The number of carbonyl (C=O) groups excluding carboxylic acids is 1. The second kappa shape index (κ2) is 4.28. The maximum absolute atomic E-state index is 11.2. The van der Waals surface area contributed by atoms with E-state index in [4.69, 9.17) is 11.6 Å². The Morgan fingerprint density at radius 2 is 1.92 bits per heavy atom. The van der Waals surface area contributed by atoms with Gasteiger partial charge in [-0.3, -0.25) is 4.79 Å². The van der Waals surface area contributed by atoms with E-state index in [0.29, 0.717) is 0 Å². The van der Waals surface area contributed by atoms with Crippen molar-refractivity contribution >= 4 is 23.2 Å². The van der Waals surface area contributed by atoms with Gasteiger partial charge in [-0.25, -0.2) is 0 Å². The molecule has 0 saturated heterocycles. The summed E-state index contributed by atoms with van der Waals surface area (Å²) in [7, 11) is 1.72. The van der Waals surface area contributed by atoms with Crippen LogP contribution < -0.4 is 4.90 Å². The summed E-state index contributed by atoms with van der Waals surface area (Å²) >= 11 is 5.44. The van der Waals surface area contributed by atoms with Gasteiger partial charge < -0.3 is 4.90 Å². The van der Waals surface area contributed by atoms with E-state index in [2.05, 4.69) is 0 Å². The van der Waals surface area contributed by atoms with Gasteiger partial charge in [0.2, 0.25) is 5.91 Å². The summed E-state index contributed by atoms with van der Waals surface area (Å²) in [6.45, 7) is 2.01. The van der Waals surface area contributed by atoms with Gasteiger partial charge in [-0.05, 0) is 19.1 Å². The van der Waals surface area contributed by atoms with Crippen LogP contribution in [0.25, 0.3) is 0 Å². The zero-order valence-corrected chi connectivity index (χ0v) is 8.51. The first kappa shape index (κ1) is 10.1. The third kappa shape index (κ3) is 2.46. The summed E-state index contributed by atoms with van der Waals surface area (Å²) in [5, 5.41) is 0. The Balaban J connectivity index is 2.83. The van der Waals surface area contributed by atoms with Crippen molar-refractivity contribution in [2.45, 2.75) is 6.92 Å². The van der Waals surface area contributed by atoms with E-state index in [-0.39, 0.29) is 11.8 Å². The van der Waals surface area contributed by atoms with Crippen LogP contribution in [-0.4, -0.2) is 18.8 Å². The molecule has 1 amide bonds. The van der Waals surface area contributed by atoms with E-state index >= 15 is 0 Å². The third-order valence-electron chi connectivity index (χ3n) is 1.91.